The number of benzene rings is 2. The van der Waals surface area contributed by atoms with E-state index in [-0.39, 0.29) is 29.5 Å². The molecule has 0 spiro atoms. The molecule has 0 saturated carbocycles. The van der Waals surface area contributed by atoms with Gasteiger partial charge in [-0.05, 0) is 24.1 Å². The summed E-state index contributed by atoms with van der Waals surface area (Å²) in [6, 6.07) is 10.8. The van der Waals surface area contributed by atoms with Gasteiger partial charge in [0.2, 0.25) is 21.9 Å². The van der Waals surface area contributed by atoms with Crippen LogP contribution in [-0.2, 0) is 14.8 Å². The monoisotopic (exact) mass is 441 g/mol. The van der Waals surface area contributed by atoms with E-state index in [1.165, 1.54) is 28.8 Å². The van der Waals surface area contributed by atoms with E-state index in [2.05, 4.69) is 9.97 Å². The molecule has 4 rings (SSSR count). The van der Waals surface area contributed by atoms with E-state index in [9.17, 15) is 17.6 Å². The summed E-state index contributed by atoms with van der Waals surface area (Å²) in [5.41, 5.74) is 12.3. The molecule has 0 radical (unpaired) electrons. The Balaban J connectivity index is 1.71. The van der Waals surface area contributed by atoms with Crippen LogP contribution in [-0.4, -0.2) is 41.7 Å². The minimum Gasteiger partial charge on any atom is -0.369 e. The van der Waals surface area contributed by atoms with E-state index in [1.54, 1.807) is 30.3 Å². The first kappa shape index (κ1) is 20.9. The Morgan fingerprint density at radius 1 is 1.06 bits per heavy atom. The number of carbonyl (C=O) groups excluding carboxylic acids is 1. The van der Waals surface area contributed by atoms with Crippen LogP contribution in [0.25, 0.3) is 22.3 Å². The van der Waals surface area contributed by atoms with Gasteiger partial charge in [-0.1, -0.05) is 30.3 Å². The molecule has 4 N–H and O–H groups in total. The SMILES string of the molecule is NC(=O)C1CCN(S(=O)(=O)c2ccccc2-c2ccc(-c3cnc(N)nc3)c(F)c2)C1. The molecule has 2 aromatic carbocycles. The zero-order chi connectivity index (χ0) is 22.2. The summed E-state index contributed by atoms with van der Waals surface area (Å²) in [4.78, 5) is 19.2. The van der Waals surface area contributed by atoms with Gasteiger partial charge in [0.1, 0.15) is 5.82 Å². The fourth-order valence-electron chi connectivity index (χ4n) is 3.64. The van der Waals surface area contributed by atoms with Gasteiger partial charge >= 0.3 is 0 Å². The van der Waals surface area contributed by atoms with Gasteiger partial charge in [0.15, 0.2) is 0 Å². The number of amides is 1. The van der Waals surface area contributed by atoms with Crippen LogP contribution in [0.3, 0.4) is 0 Å². The molecular weight excluding hydrogens is 421 g/mol. The lowest BCUT2D eigenvalue weighted by Crippen LogP contribution is -2.32. The lowest BCUT2D eigenvalue weighted by molar-refractivity contribution is -0.121. The van der Waals surface area contributed by atoms with E-state index >= 15 is 0 Å². The van der Waals surface area contributed by atoms with Gasteiger partial charge in [-0.3, -0.25) is 4.79 Å². The number of halogens is 1. The molecule has 1 fully saturated rings. The number of sulfonamides is 1. The van der Waals surface area contributed by atoms with Crippen molar-refractivity contribution in [1.82, 2.24) is 14.3 Å². The molecular formula is C21H20FN5O3S. The summed E-state index contributed by atoms with van der Waals surface area (Å²) in [6.07, 6.45) is 3.21. The topological polar surface area (TPSA) is 132 Å². The van der Waals surface area contributed by atoms with E-state index < -0.39 is 27.7 Å². The van der Waals surface area contributed by atoms with E-state index in [0.717, 1.165) is 0 Å². The summed E-state index contributed by atoms with van der Waals surface area (Å²) in [5, 5.41) is 0. The molecule has 8 nitrogen and oxygen atoms in total. The van der Waals surface area contributed by atoms with Crippen molar-refractivity contribution in [3.8, 4) is 22.3 Å². The zero-order valence-electron chi connectivity index (χ0n) is 16.4. The van der Waals surface area contributed by atoms with Crippen LogP contribution in [0, 0.1) is 11.7 Å². The van der Waals surface area contributed by atoms with Crippen LogP contribution >= 0.6 is 0 Å². The molecule has 1 aliphatic rings. The standard InChI is InChI=1S/C21H20FN5O3S/c22-18-9-13(5-6-16(18)15-10-25-21(24)26-11-15)17-3-1-2-4-19(17)31(29,30)27-8-7-14(12-27)20(23)28/h1-6,9-11,14H,7-8,12H2,(H2,23,28)(H2,24,25,26). The van der Waals surface area contributed by atoms with Crippen molar-refractivity contribution in [1.29, 1.82) is 0 Å². The van der Waals surface area contributed by atoms with Gasteiger partial charge in [-0.2, -0.15) is 4.31 Å². The predicted octanol–water partition coefficient (Wildman–Crippen LogP) is 2.03. The second-order valence-corrected chi connectivity index (χ2v) is 9.18. The minimum atomic E-state index is -3.89. The van der Waals surface area contributed by atoms with Gasteiger partial charge in [-0.15, -0.1) is 0 Å². The maximum Gasteiger partial charge on any atom is 0.243 e. The Labute approximate surface area is 178 Å². The fraction of sp³-hybridized carbons (Fsp3) is 0.190. The van der Waals surface area contributed by atoms with Crippen molar-refractivity contribution < 1.29 is 17.6 Å². The van der Waals surface area contributed by atoms with Crippen molar-refractivity contribution in [3.05, 3.63) is 60.7 Å². The highest BCUT2D eigenvalue weighted by Crippen LogP contribution is 2.34. The molecule has 0 aliphatic carbocycles. The number of hydrogen-bond donors (Lipinski definition) is 2. The number of aromatic nitrogens is 2. The highest BCUT2D eigenvalue weighted by atomic mass is 32.2. The van der Waals surface area contributed by atoms with Crippen LogP contribution in [0.5, 0.6) is 0 Å². The molecule has 160 valence electrons. The third-order valence-corrected chi connectivity index (χ3v) is 7.24. The molecule has 1 atom stereocenters. The van der Waals surface area contributed by atoms with Crippen LogP contribution in [0.2, 0.25) is 0 Å². The molecule has 10 heteroatoms. The van der Waals surface area contributed by atoms with Crippen LogP contribution in [0.1, 0.15) is 6.42 Å². The van der Waals surface area contributed by atoms with Crippen molar-refractivity contribution in [2.75, 3.05) is 18.8 Å². The number of rotatable bonds is 5. The quantitative estimate of drug-likeness (QED) is 0.623. The highest BCUT2D eigenvalue weighted by Gasteiger charge is 2.36. The maximum absolute atomic E-state index is 14.9. The van der Waals surface area contributed by atoms with Gasteiger partial charge in [0.25, 0.3) is 0 Å². The second-order valence-electron chi connectivity index (χ2n) is 7.27. The van der Waals surface area contributed by atoms with Crippen LogP contribution in [0.15, 0.2) is 59.8 Å². The summed E-state index contributed by atoms with van der Waals surface area (Å²) in [5.74, 6) is -1.50. The maximum atomic E-state index is 14.9. The molecule has 1 aliphatic heterocycles. The number of nitrogens with two attached hydrogens (primary N) is 2. The molecule has 1 saturated heterocycles. The molecule has 1 unspecified atom stereocenters. The number of nitrogen functional groups attached to an aromatic ring is 1. The smallest absolute Gasteiger partial charge is 0.243 e. The lowest BCUT2D eigenvalue weighted by atomic mass is 10.0. The second kappa shape index (κ2) is 8.05. The Bertz CT molecular complexity index is 1250. The first-order chi connectivity index (χ1) is 14.8. The number of hydrogen-bond acceptors (Lipinski definition) is 6. The minimum absolute atomic E-state index is 0.0381. The molecule has 31 heavy (non-hydrogen) atoms. The Kier molecular flexibility index (Phi) is 5.42. The van der Waals surface area contributed by atoms with Gasteiger partial charge in [-0.25, -0.2) is 22.8 Å². The largest absolute Gasteiger partial charge is 0.369 e. The van der Waals surface area contributed by atoms with Gasteiger partial charge in [0.05, 0.1) is 10.8 Å². The molecule has 2 heterocycles. The lowest BCUT2D eigenvalue weighted by Gasteiger charge is -2.19. The molecule has 1 amide bonds. The van der Waals surface area contributed by atoms with E-state index in [4.69, 9.17) is 11.5 Å². The van der Waals surface area contributed by atoms with Crippen molar-refractivity contribution in [3.63, 3.8) is 0 Å². The summed E-state index contributed by atoms with van der Waals surface area (Å²) < 4.78 is 42.6. The number of primary amides is 1. The predicted molar refractivity (Wildman–Crippen MR) is 113 cm³/mol. The van der Waals surface area contributed by atoms with Gasteiger partial charge < -0.3 is 11.5 Å². The van der Waals surface area contributed by atoms with E-state index in [0.29, 0.717) is 23.1 Å². The van der Waals surface area contributed by atoms with E-state index in [1.807, 2.05) is 0 Å². The number of nitrogens with zero attached hydrogens (tertiary/aromatic N) is 3. The number of carbonyl (C=O) groups is 1. The summed E-state index contributed by atoms with van der Waals surface area (Å²) in [7, 11) is -3.89. The first-order valence-electron chi connectivity index (χ1n) is 9.53. The summed E-state index contributed by atoms with van der Waals surface area (Å²) in [6.45, 7) is 0.241. The molecule has 3 aromatic rings. The zero-order valence-corrected chi connectivity index (χ0v) is 17.2. The Hall–Kier alpha value is -3.37. The van der Waals surface area contributed by atoms with Gasteiger partial charge in [0, 0.05) is 42.2 Å². The third-order valence-electron chi connectivity index (χ3n) is 5.32. The van der Waals surface area contributed by atoms with Crippen molar-refractivity contribution in [2.24, 2.45) is 11.7 Å². The molecule has 0 bridgehead atoms. The number of anilines is 1. The third kappa shape index (κ3) is 3.99. The first-order valence-corrected chi connectivity index (χ1v) is 11.0. The summed E-state index contributed by atoms with van der Waals surface area (Å²) >= 11 is 0. The van der Waals surface area contributed by atoms with Crippen molar-refractivity contribution in [2.45, 2.75) is 11.3 Å². The Morgan fingerprint density at radius 2 is 1.77 bits per heavy atom. The van der Waals surface area contributed by atoms with Crippen molar-refractivity contribution >= 4 is 21.9 Å². The fourth-order valence-corrected chi connectivity index (χ4v) is 5.36. The highest BCUT2D eigenvalue weighted by molar-refractivity contribution is 7.89. The normalized spacial score (nSPS) is 17.0. The Morgan fingerprint density at radius 3 is 2.42 bits per heavy atom. The van der Waals surface area contributed by atoms with Crippen LogP contribution < -0.4 is 11.5 Å². The average molecular weight is 441 g/mol. The average Bonchev–Trinajstić information content (AvgIpc) is 3.26. The van der Waals surface area contributed by atoms with Crippen LogP contribution in [0.4, 0.5) is 10.3 Å². The molecule has 1 aromatic heterocycles.